The highest BCUT2D eigenvalue weighted by atomic mass is 16.8. The molecule has 0 aliphatic rings. The molecule has 2 amide bonds. The number of carbonyl (C=O) groups excluding carboxylic acids is 2. The minimum absolute atomic E-state index is 0.189. The molecular weight excluding hydrogens is 320 g/mol. The number of hydrogen-bond acceptors (Lipinski definition) is 8. The zero-order valence-corrected chi connectivity index (χ0v) is 13.5. The van der Waals surface area contributed by atoms with E-state index in [1.54, 1.807) is 0 Å². The van der Waals surface area contributed by atoms with Crippen molar-refractivity contribution in [3.05, 3.63) is 0 Å². The summed E-state index contributed by atoms with van der Waals surface area (Å²) in [4.78, 5) is 27.1. The molecule has 0 aromatic rings. The van der Waals surface area contributed by atoms with Crippen molar-refractivity contribution in [2.45, 2.75) is 44.2 Å². The fourth-order valence-corrected chi connectivity index (χ4v) is 1.84. The molecule has 140 valence electrons. The molecule has 0 rings (SSSR count). The monoisotopic (exact) mass is 348 g/mol. The van der Waals surface area contributed by atoms with Gasteiger partial charge in [-0.3, -0.25) is 25.0 Å². The van der Waals surface area contributed by atoms with E-state index in [2.05, 4.69) is 10.3 Å². The third-order valence-electron chi connectivity index (χ3n) is 3.11. The van der Waals surface area contributed by atoms with Gasteiger partial charge in [0.2, 0.25) is 17.8 Å². The molecule has 0 radical (unpaired) electrons. The molecule has 0 aliphatic carbocycles. The van der Waals surface area contributed by atoms with Crippen molar-refractivity contribution in [2.75, 3.05) is 13.1 Å². The third-order valence-corrected chi connectivity index (χ3v) is 3.11. The lowest BCUT2D eigenvalue weighted by atomic mass is 10.1. The van der Waals surface area contributed by atoms with Gasteiger partial charge in [0.05, 0.1) is 6.04 Å². The standard InChI is InChI=1S/C12H28N8O4/c13-6-2-1-4-8(14)11(22)18-9(10(15)21)5-3-7-17-12(16)19-20(23)24/h8-9,23-24H,1-7,13-14H2,(H2,15,21)(H,18,22)(H3,16,17,19)/t8-,9-/m0/s1. The first-order chi connectivity index (χ1) is 11.3. The molecule has 0 bridgehead atoms. The number of carbonyl (C=O) groups is 2. The smallest absolute Gasteiger partial charge is 0.240 e. The van der Waals surface area contributed by atoms with E-state index in [0.29, 0.717) is 19.4 Å². The maximum Gasteiger partial charge on any atom is 0.240 e. The predicted molar refractivity (Wildman–Crippen MR) is 86.3 cm³/mol. The zero-order valence-electron chi connectivity index (χ0n) is 13.5. The molecule has 0 fully saturated rings. The number of guanidine groups is 1. The molecule has 12 nitrogen and oxygen atoms in total. The largest absolute Gasteiger partial charge is 0.369 e. The minimum Gasteiger partial charge on any atom is -0.369 e. The van der Waals surface area contributed by atoms with Crippen molar-refractivity contribution in [1.29, 1.82) is 0 Å². The summed E-state index contributed by atoms with van der Waals surface area (Å²) in [5.41, 5.74) is 23.6. The molecule has 0 saturated carbocycles. The van der Waals surface area contributed by atoms with E-state index in [1.165, 1.54) is 0 Å². The third kappa shape index (κ3) is 10.7. The van der Waals surface area contributed by atoms with Crippen molar-refractivity contribution in [1.82, 2.24) is 16.1 Å². The molecule has 0 unspecified atom stereocenters. The maximum atomic E-state index is 11.9. The van der Waals surface area contributed by atoms with Crippen molar-refractivity contribution in [3.63, 3.8) is 0 Å². The van der Waals surface area contributed by atoms with Crippen LogP contribution in [0.5, 0.6) is 0 Å². The maximum absolute atomic E-state index is 11.9. The number of amides is 2. The number of hydrogen-bond donors (Lipinski definition) is 8. The van der Waals surface area contributed by atoms with E-state index < -0.39 is 23.9 Å². The Morgan fingerprint density at radius 2 is 1.79 bits per heavy atom. The zero-order chi connectivity index (χ0) is 18.5. The lowest BCUT2D eigenvalue weighted by Crippen LogP contribution is -2.50. The van der Waals surface area contributed by atoms with Crippen LogP contribution in [0.15, 0.2) is 4.99 Å². The molecule has 0 spiro atoms. The van der Waals surface area contributed by atoms with E-state index in [1.807, 2.05) is 5.43 Å². The first-order valence-electron chi connectivity index (χ1n) is 7.57. The summed E-state index contributed by atoms with van der Waals surface area (Å²) in [6, 6.07) is -1.59. The lowest BCUT2D eigenvalue weighted by molar-refractivity contribution is -0.329. The highest BCUT2D eigenvalue weighted by Gasteiger charge is 2.21. The van der Waals surface area contributed by atoms with Crippen LogP contribution in [-0.2, 0) is 9.59 Å². The van der Waals surface area contributed by atoms with Gasteiger partial charge < -0.3 is 28.3 Å². The highest BCUT2D eigenvalue weighted by Crippen LogP contribution is 2.02. The number of unbranched alkanes of at least 4 members (excludes halogenated alkanes) is 1. The van der Waals surface area contributed by atoms with Crippen LogP contribution in [0.2, 0.25) is 0 Å². The Morgan fingerprint density at radius 1 is 1.12 bits per heavy atom. The lowest BCUT2D eigenvalue weighted by Gasteiger charge is -2.18. The van der Waals surface area contributed by atoms with Gasteiger partial charge >= 0.3 is 0 Å². The molecule has 24 heavy (non-hydrogen) atoms. The van der Waals surface area contributed by atoms with E-state index in [4.69, 9.17) is 33.3 Å². The quantitative estimate of drug-likeness (QED) is 0.0782. The second-order valence-corrected chi connectivity index (χ2v) is 5.16. The van der Waals surface area contributed by atoms with Crippen LogP contribution in [0.3, 0.4) is 0 Å². The van der Waals surface area contributed by atoms with Crippen LogP contribution in [0.25, 0.3) is 0 Å². The van der Waals surface area contributed by atoms with Crippen LogP contribution in [0, 0.1) is 0 Å². The fraction of sp³-hybridized carbons (Fsp3) is 0.750. The molecule has 0 aromatic heterocycles. The summed E-state index contributed by atoms with van der Waals surface area (Å²) in [5, 5.41) is 19.1. The molecule has 2 atom stereocenters. The molecule has 12 heteroatoms. The molecule has 0 aliphatic heterocycles. The first-order valence-corrected chi connectivity index (χ1v) is 7.57. The SMILES string of the molecule is NCCCC[C@H](N)C(=O)N[C@@H](CCCN=C(N)NN(O)O)C(N)=O. The van der Waals surface area contributed by atoms with Gasteiger partial charge in [-0.25, -0.2) is 5.43 Å². The van der Waals surface area contributed by atoms with Gasteiger partial charge in [-0.05, 0) is 32.2 Å². The number of aliphatic imine (C=N–C) groups is 1. The van der Waals surface area contributed by atoms with Gasteiger partial charge in [-0.1, -0.05) is 6.42 Å². The van der Waals surface area contributed by atoms with Crippen LogP contribution in [0.4, 0.5) is 0 Å². The summed E-state index contributed by atoms with van der Waals surface area (Å²) in [6.45, 7) is 0.718. The predicted octanol–water partition coefficient (Wildman–Crippen LogP) is -2.91. The van der Waals surface area contributed by atoms with Crippen LogP contribution in [-0.4, -0.2) is 58.7 Å². The van der Waals surface area contributed by atoms with Gasteiger partial charge in [0, 0.05) is 11.9 Å². The number of hydrazine groups is 1. The number of primary amides is 1. The van der Waals surface area contributed by atoms with Gasteiger partial charge in [-0.15, -0.1) is 0 Å². The summed E-state index contributed by atoms with van der Waals surface area (Å²) >= 11 is 0. The van der Waals surface area contributed by atoms with Crippen molar-refractivity contribution < 1.29 is 20.0 Å². The molecule has 0 aromatic carbocycles. The van der Waals surface area contributed by atoms with E-state index in [0.717, 1.165) is 12.8 Å². The Hall–Kier alpha value is -1.99. The Kier molecular flexibility index (Phi) is 11.4. The average molecular weight is 348 g/mol. The Labute approximate surface area is 140 Å². The van der Waals surface area contributed by atoms with E-state index >= 15 is 0 Å². The summed E-state index contributed by atoms with van der Waals surface area (Å²) in [7, 11) is 0. The topological polar surface area (TPSA) is 218 Å². The second-order valence-electron chi connectivity index (χ2n) is 5.16. The summed E-state index contributed by atoms with van der Waals surface area (Å²) in [5.74, 6) is -1.34. The van der Waals surface area contributed by atoms with E-state index in [-0.39, 0.29) is 24.3 Å². The van der Waals surface area contributed by atoms with Crippen LogP contribution >= 0.6 is 0 Å². The van der Waals surface area contributed by atoms with E-state index in [9.17, 15) is 9.59 Å². The Balaban J connectivity index is 4.26. The second kappa shape index (κ2) is 12.4. The van der Waals surface area contributed by atoms with Gasteiger partial charge in [0.1, 0.15) is 6.04 Å². The number of nitrogens with zero attached hydrogens (tertiary/aromatic N) is 2. The molecular formula is C12H28N8O4. The number of nitrogens with two attached hydrogens (primary N) is 4. The fourth-order valence-electron chi connectivity index (χ4n) is 1.84. The highest BCUT2D eigenvalue weighted by molar-refractivity contribution is 5.88. The number of rotatable bonds is 12. The Bertz CT molecular complexity index is 418. The molecule has 0 saturated heterocycles. The Morgan fingerprint density at radius 3 is 2.33 bits per heavy atom. The van der Waals surface area contributed by atoms with Crippen LogP contribution in [0.1, 0.15) is 32.1 Å². The van der Waals surface area contributed by atoms with Crippen LogP contribution < -0.4 is 33.7 Å². The van der Waals surface area contributed by atoms with Gasteiger partial charge in [-0.2, -0.15) is 0 Å². The number of nitrogens with one attached hydrogen (secondary N) is 2. The van der Waals surface area contributed by atoms with Crippen molar-refractivity contribution in [3.8, 4) is 0 Å². The molecule has 0 heterocycles. The first kappa shape index (κ1) is 22.0. The van der Waals surface area contributed by atoms with Crippen molar-refractivity contribution in [2.24, 2.45) is 27.9 Å². The van der Waals surface area contributed by atoms with Crippen molar-refractivity contribution >= 4 is 17.8 Å². The van der Waals surface area contributed by atoms with Gasteiger partial charge in [0.25, 0.3) is 0 Å². The summed E-state index contributed by atoms with van der Waals surface area (Å²) < 4.78 is 0. The average Bonchev–Trinajstić information content (AvgIpc) is 2.49. The normalized spacial score (nSPS) is 14.3. The van der Waals surface area contributed by atoms with Gasteiger partial charge in [0.15, 0.2) is 0 Å². The summed E-state index contributed by atoms with van der Waals surface area (Å²) in [6.07, 6.45) is 2.59. The minimum atomic E-state index is -0.866. The molecule has 12 N–H and O–H groups in total.